The lowest BCUT2D eigenvalue weighted by molar-refractivity contribution is 0.0994. The minimum absolute atomic E-state index is 0.229. The van der Waals surface area contributed by atoms with E-state index in [4.69, 9.17) is 7.85 Å². The van der Waals surface area contributed by atoms with Crippen LogP contribution in [0.4, 0.5) is 0 Å². The smallest absolute Gasteiger partial charge is 0.163 e. The fourth-order valence-electron chi connectivity index (χ4n) is 1.45. The van der Waals surface area contributed by atoms with E-state index in [0.29, 0.717) is 11.9 Å². The van der Waals surface area contributed by atoms with E-state index in [2.05, 4.69) is 0 Å². The summed E-state index contributed by atoms with van der Waals surface area (Å²) in [4.78, 5) is 11.2. The monoisotopic (exact) mass is 142 g/mol. The van der Waals surface area contributed by atoms with Crippen LogP contribution in [0.15, 0.2) is 18.2 Å². The van der Waals surface area contributed by atoms with Crippen molar-refractivity contribution >= 4 is 19.1 Å². The van der Waals surface area contributed by atoms with Gasteiger partial charge in [0.2, 0.25) is 0 Å². The third-order valence-corrected chi connectivity index (χ3v) is 2.06. The lowest BCUT2D eigenvalue weighted by atomic mass is 9.93. The molecular formula is C9H7BO. The molecule has 0 aliphatic heterocycles. The number of ketones is 1. The highest BCUT2D eigenvalue weighted by Crippen LogP contribution is 2.19. The van der Waals surface area contributed by atoms with Gasteiger partial charge in [0.15, 0.2) is 5.78 Å². The number of hydrogen-bond donors (Lipinski definition) is 0. The summed E-state index contributed by atoms with van der Waals surface area (Å²) in [6, 6.07) is 5.55. The molecule has 0 saturated heterocycles. The number of aryl methyl sites for hydroxylation is 1. The van der Waals surface area contributed by atoms with Crippen LogP contribution in [-0.2, 0) is 6.42 Å². The van der Waals surface area contributed by atoms with Crippen LogP contribution in [0, 0.1) is 0 Å². The van der Waals surface area contributed by atoms with Gasteiger partial charge in [0, 0.05) is 12.0 Å². The minimum Gasteiger partial charge on any atom is -0.294 e. The van der Waals surface area contributed by atoms with E-state index in [1.165, 1.54) is 0 Å². The Hall–Kier alpha value is -1.05. The van der Waals surface area contributed by atoms with Crippen molar-refractivity contribution in [2.24, 2.45) is 0 Å². The van der Waals surface area contributed by atoms with E-state index in [1.807, 2.05) is 12.1 Å². The fraction of sp³-hybridized carbons (Fsp3) is 0.222. The van der Waals surface area contributed by atoms with Gasteiger partial charge in [-0.25, -0.2) is 0 Å². The molecule has 0 aromatic heterocycles. The highest BCUT2D eigenvalue weighted by atomic mass is 16.1. The lowest BCUT2D eigenvalue weighted by Crippen LogP contribution is -2.04. The fourth-order valence-corrected chi connectivity index (χ4v) is 1.45. The van der Waals surface area contributed by atoms with E-state index in [1.54, 1.807) is 6.07 Å². The largest absolute Gasteiger partial charge is 0.294 e. The maximum absolute atomic E-state index is 11.2. The quantitative estimate of drug-likeness (QED) is 0.485. The molecule has 0 bridgehead atoms. The highest BCUT2D eigenvalue weighted by molar-refractivity contribution is 6.32. The van der Waals surface area contributed by atoms with Gasteiger partial charge in [-0.15, -0.1) is 0 Å². The maximum Gasteiger partial charge on any atom is 0.163 e. The molecule has 0 unspecified atom stereocenters. The van der Waals surface area contributed by atoms with Crippen LogP contribution in [0.25, 0.3) is 0 Å². The van der Waals surface area contributed by atoms with Gasteiger partial charge in [-0.3, -0.25) is 4.79 Å². The van der Waals surface area contributed by atoms with Crippen molar-refractivity contribution in [2.45, 2.75) is 12.8 Å². The third-order valence-electron chi connectivity index (χ3n) is 2.06. The molecule has 1 aromatic carbocycles. The van der Waals surface area contributed by atoms with Crippen LogP contribution < -0.4 is 5.46 Å². The first-order valence-electron chi connectivity index (χ1n) is 3.69. The summed E-state index contributed by atoms with van der Waals surface area (Å²) in [5, 5.41) is 0. The second-order valence-corrected chi connectivity index (χ2v) is 2.84. The van der Waals surface area contributed by atoms with Crippen LogP contribution in [0.2, 0.25) is 0 Å². The molecule has 2 heteroatoms. The standard InChI is InChI=1S/C9H7BO/c10-7-3-1-6-2-4-9(11)8(6)5-7/h1,3,5H,2,4H2. The Morgan fingerprint density at radius 2 is 2.09 bits per heavy atom. The molecule has 11 heavy (non-hydrogen) atoms. The van der Waals surface area contributed by atoms with Crippen LogP contribution in [0.3, 0.4) is 0 Å². The zero-order valence-electron chi connectivity index (χ0n) is 6.13. The Labute approximate surface area is 66.8 Å². The van der Waals surface area contributed by atoms with Crippen LogP contribution in [0.1, 0.15) is 22.3 Å². The SMILES string of the molecule is [B]c1ccc2c(c1)C(=O)CC2. The van der Waals surface area contributed by atoms with Crippen LogP contribution in [-0.4, -0.2) is 13.6 Å². The van der Waals surface area contributed by atoms with Crippen molar-refractivity contribution in [1.29, 1.82) is 0 Å². The van der Waals surface area contributed by atoms with Crippen molar-refractivity contribution in [1.82, 2.24) is 0 Å². The average molecular weight is 142 g/mol. The molecule has 0 heterocycles. The summed E-state index contributed by atoms with van der Waals surface area (Å²) in [7, 11) is 5.54. The number of benzene rings is 1. The van der Waals surface area contributed by atoms with Gasteiger partial charge in [-0.1, -0.05) is 23.7 Å². The number of fused-ring (bicyclic) bond motifs is 1. The molecule has 52 valence electrons. The van der Waals surface area contributed by atoms with Gasteiger partial charge in [0.05, 0.1) is 0 Å². The molecule has 0 atom stereocenters. The first-order chi connectivity index (χ1) is 5.27. The molecule has 0 spiro atoms. The van der Waals surface area contributed by atoms with Gasteiger partial charge in [-0.05, 0) is 12.0 Å². The average Bonchev–Trinajstić information content (AvgIpc) is 2.33. The predicted octanol–water partition coefficient (Wildman–Crippen LogP) is 0.609. The Morgan fingerprint density at radius 3 is 2.91 bits per heavy atom. The summed E-state index contributed by atoms with van der Waals surface area (Å²) >= 11 is 0. The molecule has 1 aliphatic carbocycles. The van der Waals surface area contributed by atoms with E-state index >= 15 is 0 Å². The molecule has 1 nitrogen and oxygen atoms in total. The van der Waals surface area contributed by atoms with Crippen molar-refractivity contribution in [2.75, 3.05) is 0 Å². The Kier molecular flexibility index (Phi) is 1.35. The Morgan fingerprint density at radius 1 is 1.27 bits per heavy atom. The van der Waals surface area contributed by atoms with Crippen molar-refractivity contribution < 1.29 is 4.79 Å². The summed E-state index contributed by atoms with van der Waals surface area (Å²) in [6.45, 7) is 0. The molecule has 0 N–H and O–H groups in total. The Balaban J connectivity index is 2.60. The zero-order chi connectivity index (χ0) is 7.84. The van der Waals surface area contributed by atoms with E-state index in [0.717, 1.165) is 17.5 Å². The minimum atomic E-state index is 0.229. The number of rotatable bonds is 0. The molecule has 2 radical (unpaired) electrons. The summed E-state index contributed by atoms with van der Waals surface area (Å²) < 4.78 is 0. The van der Waals surface area contributed by atoms with Gasteiger partial charge in [0.25, 0.3) is 0 Å². The first kappa shape index (κ1) is 6.65. The number of Topliss-reactive ketones (excluding diaryl/α,β-unsaturated/α-hetero) is 1. The van der Waals surface area contributed by atoms with Gasteiger partial charge in [0.1, 0.15) is 7.85 Å². The molecule has 1 aromatic rings. The van der Waals surface area contributed by atoms with Crippen LogP contribution >= 0.6 is 0 Å². The van der Waals surface area contributed by atoms with Gasteiger partial charge >= 0.3 is 0 Å². The first-order valence-corrected chi connectivity index (χ1v) is 3.69. The summed E-state index contributed by atoms with van der Waals surface area (Å²) in [5.41, 5.74) is 2.65. The van der Waals surface area contributed by atoms with Crippen molar-refractivity contribution in [3.05, 3.63) is 29.3 Å². The number of carbonyl (C=O) groups excluding carboxylic acids is 1. The molecular weight excluding hydrogens is 135 g/mol. The molecule has 0 amide bonds. The summed E-state index contributed by atoms with van der Waals surface area (Å²) in [5.74, 6) is 0.229. The highest BCUT2D eigenvalue weighted by Gasteiger charge is 2.18. The van der Waals surface area contributed by atoms with E-state index in [-0.39, 0.29) is 5.78 Å². The molecule has 2 rings (SSSR count). The molecule has 0 saturated carbocycles. The Bertz CT molecular complexity index is 317. The van der Waals surface area contributed by atoms with Crippen LogP contribution in [0.5, 0.6) is 0 Å². The molecule has 0 fully saturated rings. The normalized spacial score (nSPS) is 15.1. The van der Waals surface area contributed by atoms with E-state index in [9.17, 15) is 4.79 Å². The number of carbonyl (C=O) groups is 1. The maximum atomic E-state index is 11.2. The summed E-state index contributed by atoms with van der Waals surface area (Å²) in [6.07, 6.45) is 1.53. The van der Waals surface area contributed by atoms with Crippen molar-refractivity contribution in [3.8, 4) is 0 Å². The van der Waals surface area contributed by atoms with E-state index < -0.39 is 0 Å². The lowest BCUT2D eigenvalue weighted by Gasteiger charge is -1.97. The zero-order valence-corrected chi connectivity index (χ0v) is 6.13. The topological polar surface area (TPSA) is 17.1 Å². The predicted molar refractivity (Wildman–Crippen MR) is 44.5 cm³/mol. The second kappa shape index (κ2) is 2.23. The van der Waals surface area contributed by atoms with Gasteiger partial charge < -0.3 is 0 Å². The second-order valence-electron chi connectivity index (χ2n) is 2.84. The third kappa shape index (κ3) is 0.986. The van der Waals surface area contributed by atoms with Crippen molar-refractivity contribution in [3.63, 3.8) is 0 Å². The number of hydrogen-bond acceptors (Lipinski definition) is 1. The molecule has 1 aliphatic rings. The van der Waals surface area contributed by atoms with Gasteiger partial charge in [-0.2, -0.15) is 0 Å².